The second-order valence-corrected chi connectivity index (χ2v) is 7.56. The standard InChI is InChI=1S/C19H24SSi/c1-4-5-6-17-12-16(7-8-19(17)20)13-21-18-10-14(2)9-15(3)11-18/h7-12,20H,4-6,13H2,1-3H3. The summed E-state index contributed by atoms with van der Waals surface area (Å²) < 4.78 is 0. The lowest BCUT2D eigenvalue weighted by molar-refractivity contribution is 0.784. The maximum Gasteiger partial charge on any atom is 0.0856 e. The SMILES string of the molecule is CCCCc1cc(C[Si]c2cc(C)cc(C)c2)ccc1S. The van der Waals surface area contributed by atoms with Crippen molar-refractivity contribution in [1.29, 1.82) is 0 Å². The van der Waals surface area contributed by atoms with E-state index in [2.05, 4.69) is 69.8 Å². The number of unbranched alkanes of at least 4 members (excludes halogenated alkanes) is 1. The zero-order chi connectivity index (χ0) is 15.2. The second-order valence-electron chi connectivity index (χ2n) is 5.80. The molecule has 2 aromatic carbocycles. The molecule has 0 aromatic heterocycles. The number of hydrogen-bond donors (Lipinski definition) is 1. The Labute approximate surface area is 137 Å². The highest BCUT2D eigenvalue weighted by atomic mass is 32.1. The first-order chi connectivity index (χ1) is 10.1. The largest absolute Gasteiger partial charge is 0.143 e. The van der Waals surface area contributed by atoms with Crippen molar-refractivity contribution in [3.8, 4) is 0 Å². The van der Waals surface area contributed by atoms with Crippen molar-refractivity contribution in [2.75, 3.05) is 0 Å². The Morgan fingerprint density at radius 2 is 1.71 bits per heavy atom. The molecular weight excluding hydrogens is 288 g/mol. The highest BCUT2D eigenvalue weighted by Crippen LogP contribution is 2.18. The van der Waals surface area contributed by atoms with E-state index in [0.717, 1.165) is 26.9 Å². The third-order valence-corrected chi connectivity index (χ3v) is 5.38. The van der Waals surface area contributed by atoms with Gasteiger partial charge in [-0.15, -0.1) is 12.6 Å². The average molecular weight is 313 g/mol. The molecule has 0 nitrogen and oxygen atoms in total. The number of rotatable bonds is 6. The van der Waals surface area contributed by atoms with Crippen LogP contribution in [0.1, 0.15) is 42.0 Å². The van der Waals surface area contributed by atoms with Gasteiger partial charge in [0.15, 0.2) is 0 Å². The van der Waals surface area contributed by atoms with Crippen molar-refractivity contribution in [3.63, 3.8) is 0 Å². The molecule has 2 heteroatoms. The van der Waals surface area contributed by atoms with Gasteiger partial charge < -0.3 is 0 Å². The second kappa shape index (κ2) is 7.86. The smallest absolute Gasteiger partial charge is 0.0856 e. The van der Waals surface area contributed by atoms with Gasteiger partial charge in [0.05, 0.1) is 9.52 Å². The Kier molecular flexibility index (Phi) is 6.13. The summed E-state index contributed by atoms with van der Waals surface area (Å²) in [5, 5.41) is 1.47. The number of aryl methyl sites for hydroxylation is 3. The van der Waals surface area contributed by atoms with Gasteiger partial charge in [0.2, 0.25) is 0 Å². The molecule has 0 aliphatic carbocycles. The summed E-state index contributed by atoms with van der Waals surface area (Å²) in [6.45, 7) is 6.60. The van der Waals surface area contributed by atoms with Gasteiger partial charge in [-0.1, -0.05) is 65.6 Å². The Bertz CT molecular complexity index is 584. The fourth-order valence-electron chi connectivity index (χ4n) is 2.60. The maximum atomic E-state index is 4.59. The van der Waals surface area contributed by atoms with Crippen LogP contribution in [-0.2, 0) is 12.5 Å². The van der Waals surface area contributed by atoms with Crippen LogP contribution in [0.15, 0.2) is 41.3 Å². The summed E-state index contributed by atoms with van der Waals surface area (Å²) in [6.07, 6.45) is 3.63. The highest BCUT2D eigenvalue weighted by molar-refractivity contribution is 7.80. The number of hydrogen-bond acceptors (Lipinski definition) is 1. The summed E-state index contributed by atoms with van der Waals surface area (Å²) in [7, 11) is 0.845. The molecule has 0 heterocycles. The molecule has 0 fully saturated rings. The molecule has 0 spiro atoms. The Hall–Kier alpha value is -0.993. The van der Waals surface area contributed by atoms with Crippen molar-refractivity contribution < 1.29 is 0 Å². The van der Waals surface area contributed by atoms with Crippen LogP contribution in [0.2, 0.25) is 0 Å². The summed E-state index contributed by atoms with van der Waals surface area (Å²) >= 11 is 4.59. The monoisotopic (exact) mass is 312 g/mol. The third-order valence-electron chi connectivity index (χ3n) is 3.66. The summed E-state index contributed by atoms with van der Waals surface area (Å²) in [6, 6.07) is 14.8. The Balaban J connectivity index is 2.05. The van der Waals surface area contributed by atoms with Crippen LogP contribution in [0.4, 0.5) is 0 Å². The van der Waals surface area contributed by atoms with Gasteiger partial charge in [0.25, 0.3) is 0 Å². The summed E-state index contributed by atoms with van der Waals surface area (Å²) in [5.74, 6) is 0. The molecule has 0 N–H and O–H groups in total. The molecule has 0 saturated heterocycles. The van der Waals surface area contributed by atoms with Crippen LogP contribution in [0.25, 0.3) is 0 Å². The lowest BCUT2D eigenvalue weighted by Crippen LogP contribution is -2.17. The third kappa shape index (κ3) is 5.05. The first-order valence-electron chi connectivity index (χ1n) is 7.71. The average Bonchev–Trinajstić information content (AvgIpc) is 2.44. The minimum absolute atomic E-state index is 0.845. The number of benzene rings is 2. The molecule has 21 heavy (non-hydrogen) atoms. The quantitative estimate of drug-likeness (QED) is 0.591. The van der Waals surface area contributed by atoms with Crippen LogP contribution in [-0.4, -0.2) is 9.52 Å². The predicted molar refractivity (Wildman–Crippen MR) is 97.3 cm³/mol. The molecule has 110 valence electrons. The fraction of sp³-hybridized carbons (Fsp3) is 0.368. The van der Waals surface area contributed by atoms with Gasteiger partial charge in [0.1, 0.15) is 0 Å². The van der Waals surface area contributed by atoms with Gasteiger partial charge in [0, 0.05) is 4.90 Å². The molecule has 0 saturated carbocycles. The minimum Gasteiger partial charge on any atom is -0.143 e. The molecule has 2 radical (unpaired) electrons. The van der Waals surface area contributed by atoms with Crippen molar-refractivity contribution in [1.82, 2.24) is 0 Å². The first kappa shape index (κ1) is 16.4. The molecule has 2 aromatic rings. The topological polar surface area (TPSA) is 0 Å². The van der Waals surface area contributed by atoms with E-state index < -0.39 is 0 Å². The molecule has 0 unspecified atom stereocenters. The van der Waals surface area contributed by atoms with Crippen LogP contribution in [0.3, 0.4) is 0 Å². The maximum absolute atomic E-state index is 4.59. The number of thiol groups is 1. The van der Waals surface area contributed by atoms with E-state index in [1.165, 1.54) is 40.3 Å². The fourth-order valence-corrected chi connectivity index (χ4v) is 4.14. The lowest BCUT2D eigenvalue weighted by Gasteiger charge is -2.09. The van der Waals surface area contributed by atoms with E-state index in [1.54, 1.807) is 0 Å². The zero-order valence-corrected chi connectivity index (χ0v) is 15.1. The van der Waals surface area contributed by atoms with Gasteiger partial charge in [-0.2, -0.15) is 0 Å². The van der Waals surface area contributed by atoms with E-state index in [4.69, 9.17) is 0 Å². The molecule has 2 rings (SSSR count). The van der Waals surface area contributed by atoms with Crippen molar-refractivity contribution in [2.45, 2.75) is 51.0 Å². The van der Waals surface area contributed by atoms with Crippen LogP contribution >= 0.6 is 12.6 Å². The first-order valence-corrected chi connectivity index (χ1v) is 9.37. The van der Waals surface area contributed by atoms with E-state index in [0.29, 0.717) is 0 Å². The van der Waals surface area contributed by atoms with Crippen LogP contribution in [0, 0.1) is 13.8 Å². The van der Waals surface area contributed by atoms with E-state index in [9.17, 15) is 0 Å². The normalized spacial score (nSPS) is 10.9. The van der Waals surface area contributed by atoms with E-state index >= 15 is 0 Å². The Morgan fingerprint density at radius 1 is 1.00 bits per heavy atom. The van der Waals surface area contributed by atoms with E-state index in [-0.39, 0.29) is 0 Å². The summed E-state index contributed by atoms with van der Waals surface area (Å²) in [4.78, 5) is 1.14. The van der Waals surface area contributed by atoms with Crippen molar-refractivity contribution in [3.05, 3.63) is 58.7 Å². The highest BCUT2D eigenvalue weighted by Gasteiger charge is 2.03. The Morgan fingerprint density at radius 3 is 2.38 bits per heavy atom. The van der Waals surface area contributed by atoms with Crippen molar-refractivity contribution in [2.24, 2.45) is 0 Å². The molecule has 0 aliphatic rings. The van der Waals surface area contributed by atoms with Crippen molar-refractivity contribution >= 4 is 27.3 Å². The van der Waals surface area contributed by atoms with Gasteiger partial charge in [-0.25, -0.2) is 0 Å². The van der Waals surface area contributed by atoms with Gasteiger partial charge in [-0.05, 0) is 44.4 Å². The minimum atomic E-state index is 0.845. The van der Waals surface area contributed by atoms with Crippen LogP contribution < -0.4 is 5.19 Å². The summed E-state index contributed by atoms with van der Waals surface area (Å²) in [5.41, 5.74) is 5.58. The molecule has 0 amide bonds. The van der Waals surface area contributed by atoms with Crippen LogP contribution in [0.5, 0.6) is 0 Å². The van der Waals surface area contributed by atoms with Gasteiger partial charge >= 0.3 is 0 Å². The molecule has 0 bridgehead atoms. The van der Waals surface area contributed by atoms with E-state index in [1.807, 2.05) is 0 Å². The molecular formula is C19H24SSi. The molecule has 0 aliphatic heterocycles. The zero-order valence-electron chi connectivity index (χ0n) is 13.2. The van der Waals surface area contributed by atoms with Gasteiger partial charge in [-0.3, -0.25) is 0 Å². The molecule has 0 atom stereocenters. The lowest BCUT2D eigenvalue weighted by atomic mass is 10.1. The predicted octanol–water partition coefficient (Wildman–Crippen LogP) is 4.46.